The molecule has 0 saturated carbocycles. The normalized spacial score (nSPS) is 10.6. The SMILES string of the molecule is Cc1nc(-c2cccnc2)[nH]c(=O)c1CC(=O)Nc1ccn(C)n1. The van der Waals surface area contributed by atoms with Crippen LogP contribution in [0.4, 0.5) is 5.82 Å². The van der Waals surface area contributed by atoms with Gasteiger partial charge < -0.3 is 10.3 Å². The molecule has 3 rings (SSSR count). The molecule has 0 aliphatic heterocycles. The molecule has 0 aliphatic rings. The fourth-order valence-electron chi connectivity index (χ4n) is 2.29. The van der Waals surface area contributed by atoms with Crippen molar-refractivity contribution in [3.8, 4) is 11.4 Å². The van der Waals surface area contributed by atoms with Crippen molar-refractivity contribution in [2.24, 2.45) is 7.05 Å². The summed E-state index contributed by atoms with van der Waals surface area (Å²) < 4.78 is 1.58. The molecule has 0 aromatic carbocycles. The Morgan fingerprint density at radius 3 is 2.83 bits per heavy atom. The number of carbonyl (C=O) groups excluding carboxylic acids is 1. The molecular formula is C16H16N6O2. The largest absolute Gasteiger partial charge is 0.309 e. The molecule has 0 fully saturated rings. The lowest BCUT2D eigenvalue weighted by Crippen LogP contribution is -2.24. The van der Waals surface area contributed by atoms with E-state index in [1.807, 2.05) is 0 Å². The van der Waals surface area contributed by atoms with E-state index in [0.29, 0.717) is 28.5 Å². The molecule has 3 aromatic heterocycles. The van der Waals surface area contributed by atoms with Crippen molar-refractivity contribution >= 4 is 11.7 Å². The van der Waals surface area contributed by atoms with Gasteiger partial charge in [0, 0.05) is 48.5 Å². The maximum atomic E-state index is 12.3. The van der Waals surface area contributed by atoms with Gasteiger partial charge in [0.25, 0.3) is 5.56 Å². The molecule has 1 amide bonds. The molecule has 0 radical (unpaired) electrons. The van der Waals surface area contributed by atoms with E-state index in [0.717, 1.165) is 0 Å². The van der Waals surface area contributed by atoms with Crippen LogP contribution >= 0.6 is 0 Å². The number of rotatable bonds is 4. The maximum absolute atomic E-state index is 12.3. The summed E-state index contributed by atoms with van der Waals surface area (Å²) in [5.41, 5.74) is 1.21. The van der Waals surface area contributed by atoms with Crippen LogP contribution in [-0.2, 0) is 18.3 Å². The van der Waals surface area contributed by atoms with Gasteiger partial charge in [0.05, 0.1) is 6.42 Å². The summed E-state index contributed by atoms with van der Waals surface area (Å²) in [4.78, 5) is 35.5. The predicted octanol–water partition coefficient (Wildman–Crippen LogP) is 1.06. The maximum Gasteiger partial charge on any atom is 0.255 e. The third-order valence-corrected chi connectivity index (χ3v) is 3.48. The first-order chi connectivity index (χ1) is 11.5. The molecule has 0 atom stereocenters. The average Bonchev–Trinajstić information content (AvgIpc) is 2.96. The van der Waals surface area contributed by atoms with Gasteiger partial charge in [0.15, 0.2) is 5.82 Å². The van der Waals surface area contributed by atoms with Crippen molar-refractivity contribution in [3.05, 3.63) is 58.4 Å². The summed E-state index contributed by atoms with van der Waals surface area (Å²) in [6, 6.07) is 5.25. The predicted molar refractivity (Wildman–Crippen MR) is 88.4 cm³/mol. The number of aryl methyl sites for hydroxylation is 2. The highest BCUT2D eigenvalue weighted by Gasteiger charge is 2.14. The zero-order chi connectivity index (χ0) is 17.1. The third kappa shape index (κ3) is 3.37. The van der Waals surface area contributed by atoms with Gasteiger partial charge in [-0.2, -0.15) is 5.10 Å². The summed E-state index contributed by atoms with van der Waals surface area (Å²) in [6.45, 7) is 1.71. The number of pyridine rings is 1. The van der Waals surface area contributed by atoms with Gasteiger partial charge >= 0.3 is 0 Å². The van der Waals surface area contributed by atoms with Crippen LogP contribution in [0.2, 0.25) is 0 Å². The minimum absolute atomic E-state index is 0.0714. The number of anilines is 1. The minimum atomic E-state index is -0.336. The molecule has 8 heteroatoms. The fourth-order valence-corrected chi connectivity index (χ4v) is 2.29. The molecule has 0 spiro atoms. The zero-order valence-electron chi connectivity index (χ0n) is 13.3. The number of nitrogens with one attached hydrogen (secondary N) is 2. The highest BCUT2D eigenvalue weighted by atomic mass is 16.2. The van der Waals surface area contributed by atoms with E-state index in [1.54, 1.807) is 55.4 Å². The molecule has 0 aliphatic carbocycles. The lowest BCUT2D eigenvalue weighted by Gasteiger charge is -2.07. The Balaban J connectivity index is 1.81. The molecule has 0 unspecified atom stereocenters. The van der Waals surface area contributed by atoms with Gasteiger partial charge in [-0.15, -0.1) is 0 Å². The molecule has 8 nitrogen and oxygen atoms in total. The van der Waals surface area contributed by atoms with Crippen molar-refractivity contribution in [1.29, 1.82) is 0 Å². The second-order valence-corrected chi connectivity index (χ2v) is 5.32. The first kappa shape index (κ1) is 15.6. The summed E-state index contributed by atoms with van der Waals surface area (Å²) in [7, 11) is 1.76. The van der Waals surface area contributed by atoms with Gasteiger partial charge in [-0.3, -0.25) is 19.3 Å². The fraction of sp³-hybridized carbons (Fsp3) is 0.188. The van der Waals surface area contributed by atoms with Crippen LogP contribution in [0.3, 0.4) is 0 Å². The summed E-state index contributed by atoms with van der Waals surface area (Å²) in [5, 5.41) is 6.72. The molecule has 3 aromatic rings. The summed E-state index contributed by atoms with van der Waals surface area (Å²) in [6.07, 6.45) is 4.91. The van der Waals surface area contributed by atoms with Crippen LogP contribution in [0.25, 0.3) is 11.4 Å². The monoisotopic (exact) mass is 324 g/mol. The van der Waals surface area contributed by atoms with Crippen molar-refractivity contribution < 1.29 is 4.79 Å². The molecule has 0 saturated heterocycles. The number of hydrogen-bond donors (Lipinski definition) is 2. The van der Waals surface area contributed by atoms with Crippen LogP contribution < -0.4 is 10.9 Å². The summed E-state index contributed by atoms with van der Waals surface area (Å²) in [5.74, 6) is 0.550. The molecule has 0 bridgehead atoms. The summed E-state index contributed by atoms with van der Waals surface area (Å²) >= 11 is 0. The van der Waals surface area contributed by atoms with E-state index < -0.39 is 0 Å². The smallest absolute Gasteiger partial charge is 0.255 e. The number of carbonyl (C=O) groups is 1. The van der Waals surface area contributed by atoms with Crippen molar-refractivity contribution in [2.45, 2.75) is 13.3 Å². The Morgan fingerprint density at radius 2 is 2.21 bits per heavy atom. The van der Waals surface area contributed by atoms with Gasteiger partial charge in [-0.05, 0) is 19.1 Å². The Hall–Kier alpha value is -3.29. The number of amides is 1. The van der Waals surface area contributed by atoms with Gasteiger partial charge in [0.1, 0.15) is 5.82 Å². The van der Waals surface area contributed by atoms with Crippen LogP contribution in [-0.4, -0.2) is 30.6 Å². The number of aromatic amines is 1. The lowest BCUT2D eigenvalue weighted by atomic mass is 10.1. The Labute approximate surface area is 137 Å². The Bertz CT molecular complexity index is 929. The molecule has 24 heavy (non-hydrogen) atoms. The highest BCUT2D eigenvalue weighted by molar-refractivity contribution is 5.91. The quantitative estimate of drug-likeness (QED) is 0.746. The number of hydrogen-bond acceptors (Lipinski definition) is 5. The van der Waals surface area contributed by atoms with E-state index in [-0.39, 0.29) is 17.9 Å². The Morgan fingerprint density at radius 1 is 1.38 bits per heavy atom. The topological polar surface area (TPSA) is 106 Å². The average molecular weight is 324 g/mol. The van der Waals surface area contributed by atoms with Gasteiger partial charge in [0.2, 0.25) is 5.91 Å². The van der Waals surface area contributed by atoms with E-state index in [4.69, 9.17) is 0 Å². The molecule has 122 valence electrons. The van der Waals surface area contributed by atoms with Crippen LogP contribution in [0.5, 0.6) is 0 Å². The third-order valence-electron chi connectivity index (χ3n) is 3.48. The molecule has 2 N–H and O–H groups in total. The van der Waals surface area contributed by atoms with Crippen LogP contribution in [0.15, 0.2) is 41.6 Å². The first-order valence-corrected chi connectivity index (χ1v) is 7.32. The highest BCUT2D eigenvalue weighted by Crippen LogP contribution is 2.13. The van der Waals surface area contributed by atoms with E-state index in [1.165, 1.54) is 0 Å². The van der Waals surface area contributed by atoms with Crippen LogP contribution in [0.1, 0.15) is 11.3 Å². The molecule has 3 heterocycles. The number of aromatic nitrogens is 5. The van der Waals surface area contributed by atoms with Crippen LogP contribution in [0, 0.1) is 6.92 Å². The van der Waals surface area contributed by atoms with E-state index >= 15 is 0 Å². The zero-order valence-corrected chi connectivity index (χ0v) is 13.3. The van der Waals surface area contributed by atoms with E-state index in [2.05, 4.69) is 25.4 Å². The Kier molecular flexibility index (Phi) is 4.19. The van der Waals surface area contributed by atoms with Gasteiger partial charge in [-0.1, -0.05) is 0 Å². The van der Waals surface area contributed by atoms with Crippen molar-refractivity contribution in [1.82, 2.24) is 24.7 Å². The van der Waals surface area contributed by atoms with E-state index in [9.17, 15) is 9.59 Å². The second kappa shape index (κ2) is 6.45. The van der Waals surface area contributed by atoms with Gasteiger partial charge in [-0.25, -0.2) is 4.98 Å². The number of H-pyrrole nitrogens is 1. The second-order valence-electron chi connectivity index (χ2n) is 5.32. The lowest BCUT2D eigenvalue weighted by molar-refractivity contribution is -0.115. The minimum Gasteiger partial charge on any atom is -0.309 e. The number of nitrogens with zero attached hydrogens (tertiary/aromatic N) is 4. The van der Waals surface area contributed by atoms with Crippen molar-refractivity contribution in [2.75, 3.05) is 5.32 Å². The van der Waals surface area contributed by atoms with Crippen molar-refractivity contribution in [3.63, 3.8) is 0 Å². The standard InChI is InChI=1S/C16H16N6O2/c1-10-12(8-14(23)19-13-5-7-22(2)21-13)16(24)20-15(18-10)11-4-3-6-17-9-11/h3-7,9H,8H2,1-2H3,(H,18,20,24)(H,19,21,23). The molecular weight excluding hydrogens is 308 g/mol. The first-order valence-electron chi connectivity index (χ1n) is 7.32.